The van der Waals surface area contributed by atoms with E-state index < -0.39 is 23.3 Å². The van der Waals surface area contributed by atoms with Gasteiger partial charge in [0.2, 0.25) is 11.9 Å². The molecule has 4 rings (SSSR count). The molecule has 0 aliphatic heterocycles. The molecule has 0 radical (unpaired) electrons. The number of rotatable bonds is 5. The van der Waals surface area contributed by atoms with E-state index >= 15 is 0 Å². The van der Waals surface area contributed by atoms with Gasteiger partial charge in [-0.05, 0) is 60.5 Å². The van der Waals surface area contributed by atoms with Crippen LogP contribution in [-0.4, -0.2) is 15.0 Å². The Morgan fingerprint density at radius 3 is 2.25 bits per heavy atom. The van der Waals surface area contributed by atoms with Crippen LogP contribution in [0.1, 0.15) is 11.1 Å². The van der Waals surface area contributed by atoms with Crippen LogP contribution in [0.5, 0.6) is 0 Å². The van der Waals surface area contributed by atoms with Crippen LogP contribution in [0.3, 0.4) is 0 Å². The zero-order valence-corrected chi connectivity index (χ0v) is 16.7. The summed E-state index contributed by atoms with van der Waals surface area (Å²) in [5.74, 6) is -2.07. The van der Waals surface area contributed by atoms with Crippen molar-refractivity contribution in [3.63, 3.8) is 0 Å². The maximum Gasteiger partial charge on any atom is 0.229 e. The minimum Gasteiger partial charge on any atom is -0.335 e. The molecule has 0 unspecified atom stereocenters. The van der Waals surface area contributed by atoms with Gasteiger partial charge in [0.1, 0.15) is 23.1 Å². The highest BCUT2D eigenvalue weighted by Gasteiger charge is 2.15. The number of aryl methyl sites for hydroxylation is 1. The van der Waals surface area contributed by atoms with Gasteiger partial charge >= 0.3 is 0 Å². The summed E-state index contributed by atoms with van der Waals surface area (Å²) >= 11 is 0. The lowest BCUT2D eigenvalue weighted by Gasteiger charge is -2.13. The lowest BCUT2D eigenvalue weighted by Crippen LogP contribution is -2.05. The van der Waals surface area contributed by atoms with E-state index in [2.05, 4.69) is 25.6 Å². The largest absolute Gasteiger partial charge is 0.335 e. The van der Waals surface area contributed by atoms with E-state index in [1.165, 1.54) is 18.5 Å². The molecule has 6 nitrogen and oxygen atoms in total. The van der Waals surface area contributed by atoms with Gasteiger partial charge in [0.25, 0.3) is 0 Å². The number of halogens is 3. The summed E-state index contributed by atoms with van der Waals surface area (Å²) in [4.78, 5) is 11.9. The molecular weight excluding hydrogens is 417 g/mol. The minimum absolute atomic E-state index is 0.175. The van der Waals surface area contributed by atoms with Crippen molar-refractivity contribution in [2.24, 2.45) is 0 Å². The van der Waals surface area contributed by atoms with Crippen LogP contribution in [0.25, 0.3) is 11.1 Å². The molecule has 2 aromatic carbocycles. The number of benzene rings is 2. The van der Waals surface area contributed by atoms with E-state index in [4.69, 9.17) is 5.26 Å². The van der Waals surface area contributed by atoms with Gasteiger partial charge in [0, 0.05) is 29.7 Å². The number of nitrogens with one attached hydrogen (secondary N) is 2. The van der Waals surface area contributed by atoms with Crippen molar-refractivity contribution in [3.05, 3.63) is 89.6 Å². The van der Waals surface area contributed by atoms with Gasteiger partial charge in [-0.15, -0.1) is 0 Å². The summed E-state index contributed by atoms with van der Waals surface area (Å²) in [5, 5.41) is 14.5. The van der Waals surface area contributed by atoms with Gasteiger partial charge < -0.3 is 10.6 Å². The molecule has 0 fully saturated rings. The Hall–Kier alpha value is -4.45. The fourth-order valence-corrected chi connectivity index (χ4v) is 2.95. The normalized spacial score (nSPS) is 10.5. The molecule has 0 saturated carbocycles. The van der Waals surface area contributed by atoms with E-state index in [0.29, 0.717) is 22.4 Å². The summed E-state index contributed by atoms with van der Waals surface area (Å²) in [7, 11) is 0. The molecule has 0 amide bonds. The predicted molar refractivity (Wildman–Crippen MR) is 114 cm³/mol. The van der Waals surface area contributed by atoms with Gasteiger partial charge in [-0.1, -0.05) is 0 Å². The van der Waals surface area contributed by atoms with Gasteiger partial charge in [0.05, 0.1) is 11.6 Å². The monoisotopic (exact) mass is 432 g/mol. The van der Waals surface area contributed by atoms with Crippen LogP contribution >= 0.6 is 0 Å². The number of hydrogen-bond donors (Lipinski definition) is 2. The van der Waals surface area contributed by atoms with Gasteiger partial charge in [0.15, 0.2) is 0 Å². The molecular formula is C23H15F3N6. The van der Waals surface area contributed by atoms with Crippen LogP contribution in [-0.2, 0) is 0 Å². The molecule has 0 aliphatic carbocycles. The summed E-state index contributed by atoms with van der Waals surface area (Å²) in [6.07, 6.45) is 2.73. The molecule has 0 spiro atoms. The quantitative estimate of drug-likeness (QED) is 0.398. The fourth-order valence-electron chi connectivity index (χ4n) is 2.95. The van der Waals surface area contributed by atoms with Gasteiger partial charge in [-0.3, -0.25) is 0 Å². The Morgan fingerprint density at radius 1 is 0.875 bits per heavy atom. The SMILES string of the molecule is Cc1cnc(Nc2ccc(C#N)cc2)nc1Nc1c(F)cc(-c2ccnc(F)c2)cc1F. The summed E-state index contributed by atoms with van der Waals surface area (Å²) in [6, 6.07) is 13.4. The van der Waals surface area contributed by atoms with Gasteiger partial charge in [-0.25, -0.2) is 18.7 Å². The minimum atomic E-state index is -0.864. The number of hydrogen-bond acceptors (Lipinski definition) is 6. The van der Waals surface area contributed by atoms with Crippen molar-refractivity contribution in [1.82, 2.24) is 15.0 Å². The Labute approximate surface area is 181 Å². The molecule has 9 heteroatoms. The average Bonchev–Trinajstić information content (AvgIpc) is 2.78. The van der Waals surface area contributed by atoms with Crippen molar-refractivity contribution >= 4 is 23.1 Å². The maximum absolute atomic E-state index is 14.7. The second kappa shape index (κ2) is 8.73. The van der Waals surface area contributed by atoms with E-state index in [0.717, 1.165) is 18.2 Å². The second-order valence-corrected chi connectivity index (χ2v) is 6.85. The topological polar surface area (TPSA) is 86.5 Å². The third-order valence-corrected chi connectivity index (χ3v) is 4.59. The molecule has 0 bridgehead atoms. The number of nitrogens with zero attached hydrogens (tertiary/aromatic N) is 4. The standard InChI is InChI=1S/C23H15F3N6/c1-13-12-29-23(30-17-4-2-14(11-27)3-5-17)32-22(13)31-21-18(24)8-16(9-19(21)25)15-6-7-28-20(26)10-15/h2-10,12H,1H3,(H2,29,30,31,32). The van der Waals surface area contributed by atoms with E-state index in [1.54, 1.807) is 31.2 Å². The summed E-state index contributed by atoms with van der Waals surface area (Å²) in [5.41, 5.74) is 1.80. The highest BCUT2D eigenvalue weighted by Crippen LogP contribution is 2.30. The lowest BCUT2D eigenvalue weighted by molar-refractivity contribution is 0.583. The number of nitriles is 1. The molecule has 32 heavy (non-hydrogen) atoms. The average molecular weight is 432 g/mol. The molecule has 2 heterocycles. The molecule has 0 atom stereocenters. The van der Waals surface area contributed by atoms with Crippen LogP contribution in [0.4, 0.5) is 36.3 Å². The van der Waals surface area contributed by atoms with Crippen molar-refractivity contribution in [2.45, 2.75) is 6.92 Å². The Kier molecular flexibility index (Phi) is 5.68. The molecule has 0 saturated heterocycles. The third-order valence-electron chi connectivity index (χ3n) is 4.59. The van der Waals surface area contributed by atoms with Crippen molar-refractivity contribution < 1.29 is 13.2 Å². The van der Waals surface area contributed by atoms with Gasteiger partial charge in [-0.2, -0.15) is 14.6 Å². The first kappa shape index (κ1) is 20.8. The second-order valence-electron chi connectivity index (χ2n) is 6.85. The van der Waals surface area contributed by atoms with Crippen LogP contribution in [0.2, 0.25) is 0 Å². The van der Waals surface area contributed by atoms with E-state index in [-0.39, 0.29) is 17.3 Å². The molecule has 0 aliphatic rings. The third kappa shape index (κ3) is 4.49. The van der Waals surface area contributed by atoms with Crippen molar-refractivity contribution in [1.29, 1.82) is 5.26 Å². The van der Waals surface area contributed by atoms with Crippen LogP contribution in [0, 0.1) is 35.8 Å². The predicted octanol–water partition coefficient (Wildman–Crippen LogP) is 5.62. The molecule has 158 valence electrons. The zero-order chi connectivity index (χ0) is 22.7. The van der Waals surface area contributed by atoms with Crippen LogP contribution < -0.4 is 10.6 Å². The smallest absolute Gasteiger partial charge is 0.229 e. The van der Waals surface area contributed by atoms with E-state index in [1.807, 2.05) is 6.07 Å². The summed E-state index contributed by atoms with van der Waals surface area (Å²) in [6.45, 7) is 1.69. The highest BCUT2D eigenvalue weighted by molar-refractivity contribution is 5.69. The van der Waals surface area contributed by atoms with Crippen molar-refractivity contribution in [3.8, 4) is 17.2 Å². The zero-order valence-electron chi connectivity index (χ0n) is 16.7. The molecule has 4 aromatic rings. The first-order valence-corrected chi connectivity index (χ1v) is 9.42. The highest BCUT2D eigenvalue weighted by atomic mass is 19.1. The molecule has 2 aromatic heterocycles. The lowest BCUT2D eigenvalue weighted by atomic mass is 10.1. The number of aromatic nitrogens is 3. The number of anilines is 4. The Bertz CT molecular complexity index is 1310. The summed E-state index contributed by atoms with van der Waals surface area (Å²) < 4.78 is 42.8. The molecule has 2 N–H and O–H groups in total. The Morgan fingerprint density at radius 2 is 1.59 bits per heavy atom. The van der Waals surface area contributed by atoms with Crippen LogP contribution in [0.15, 0.2) is 60.9 Å². The van der Waals surface area contributed by atoms with E-state index in [9.17, 15) is 13.2 Å². The first-order chi connectivity index (χ1) is 15.4. The maximum atomic E-state index is 14.7. The first-order valence-electron chi connectivity index (χ1n) is 9.42. The Balaban J connectivity index is 1.61. The van der Waals surface area contributed by atoms with Crippen molar-refractivity contribution in [2.75, 3.05) is 10.6 Å². The fraction of sp³-hybridized carbons (Fsp3) is 0.0435. The number of pyridine rings is 1.